The van der Waals surface area contributed by atoms with E-state index in [9.17, 15) is 9.59 Å². The van der Waals surface area contributed by atoms with Crippen molar-refractivity contribution in [3.8, 4) is 0 Å². The minimum atomic E-state index is -1.13. The van der Waals surface area contributed by atoms with E-state index in [1.807, 2.05) is 6.92 Å². The number of carboxylic acids is 1. The molecule has 0 rings (SSSR count). The van der Waals surface area contributed by atoms with Gasteiger partial charge in [0.25, 0.3) is 0 Å². The first-order chi connectivity index (χ1) is 7.63. The van der Waals surface area contributed by atoms with Gasteiger partial charge in [0, 0.05) is 0 Å². The molecule has 5 nitrogen and oxygen atoms in total. The summed E-state index contributed by atoms with van der Waals surface area (Å²) in [5, 5.41) is 8.83. The van der Waals surface area contributed by atoms with Gasteiger partial charge >= 0.3 is 11.9 Å². The first-order valence-electron chi connectivity index (χ1n) is 5.73. The molecule has 0 aromatic rings. The Balaban J connectivity index is 3.92. The molecule has 0 saturated heterocycles. The number of carboxylic acid groups (broad SMARTS) is 1. The van der Waals surface area contributed by atoms with E-state index in [0.29, 0.717) is 19.6 Å². The maximum absolute atomic E-state index is 11.4. The van der Waals surface area contributed by atoms with Crippen LogP contribution in [0.1, 0.15) is 39.0 Å². The van der Waals surface area contributed by atoms with Gasteiger partial charge in [0.05, 0.1) is 6.61 Å². The second kappa shape index (κ2) is 9.15. The molecule has 1 unspecified atom stereocenters. The summed E-state index contributed by atoms with van der Waals surface area (Å²) < 4.78 is 4.90. The molecule has 16 heavy (non-hydrogen) atoms. The summed E-state index contributed by atoms with van der Waals surface area (Å²) in [4.78, 5) is 22.2. The average molecular weight is 231 g/mol. The highest BCUT2D eigenvalue weighted by Gasteiger charge is 2.26. The lowest BCUT2D eigenvalue weighted by atomic mass is 10.0. The molecule has 0 saturated carbocycles. The van der Waals surface area contributed by atoms with Crippen molar-refractivity contribution in [1.29, 1.82) is 0 Å². The van der Waals surface area contributed by atoms with Crippen LogP contribution in [0.2, 0.25) is 0 Å². The van der Waals surface area contributed by atoms with Crippen LogP contribution in [-0.2, 0) is 14.3 Å². The van der Waals surface area contributed by atoms with E-state index in [1.54, 1.807) is 0 Å². The van der Waals surface area contributed by atoms with Crippen LogP contribution in [0.4, 0.5) is 0 Å². The third kappa shape index (κ3) is 6.40. The summed E-state index contributed by atoms with van der Waals surface area (Å²) in [7, 11) is 0. The molecule has 0 spiro atoms. The smallest absolute Gasteiger partial charge is 0.320 e. The van der Waals surface area contributed by atoms with Gasteiger partial charge in [-0.15, -0.1) is 0 Å². The number of rotatable bonds is 9. The van der Waals surface area contributed by atoms with Gasteiger partial charge in [-0.3, -0.25) is 9.59 Å². The van der Waals surface area contributed by atoms with Crippen LogP contribution in [0.3, 0.4) is 0 Å². The predicted molar refractivity (Wildman–Crippen MR) is 59.9 cm³/mol. The van der Waals surface area contributed by atoms with E-state index in [1.165, 1.54) is 0 Å². The lowest BCUT2D eigenvalue weighted by Gasteiger charge is -2.11. The molecule has 94 valence electrons. The Bertz CT molecular complexity index is 218. The zero-order chi connectivity index (χ0) is 12.4. The lowest BCUT2D eigenvalue weighted by Crippen LogP contribution is -2.27. The second-order valence-corrected chi connectivity index (χ2v) is 3.70. The SMILES string of the molecule is CCCCCOC(=O)C(CCCN)C(=O)O. The number of hydrogen-bond donors (Lipinski definition) is 2. The highest BCUT2D eigenvalue weighted by molar-refractivity contribution is 5.93. The third-order valence-corrected chi connectivity index (χ3v) is 2.27. The summed E-state index contributed by atoms with van der Waals surface area (Å²) in [5.74, 6) is -2.84. The van der Waals surface area contributed by atoms with Gasteiger partial charge in [-0.2, -0.15) is 0 Å². The van der Waals surface area contributed by atoms with Crippen molar-refractivity contribution in [3.05, 3.63) is 0 Å². The molecule has 5 heteroatoms. The molecular formula is C11H21NO4. The Hall–Kier alpha value is -1.10. The number of hydrogen-bond acceptors (Lipinski definition) is 4. The van der Waals surface area contributed by atoms with Gasteiger partial charge in [-0.05, 0) is 25.8 Å². The maximum Gasteiger partial charge on any atom is 0.320 e. The Morgan fingerprint density at radius 3 is 2.50 bits per heavy atom. The van der Waals surface area contributed by atoms with Crippen molar-refractivity contribution in [1.82, 2.24) is 0 Å². The number of ether oxygens (including phenoxy) is 1. The van der Waals surface area contributed by atoms with Crippen LogP contribution in [0, 0.1) is 5.92 Å². The van der Waals surface area contributed by atoms with Gasteiger partial charge in [0.2, 0.25) is 0 Å². The van der Waals surface area contributed by atoms with Gasteiger partial charge < -0.3 is 15.6 Å². The Kier molecular flexibility index (Phi) is 8.52. The summed E-state index contributed by atoms with van der Waals surface area (Å²) in [5.41, 5.74) is 5.27. The number of esters is 1. The first-order valence-corrected chi connectivity index (χ1v) is 5.73. The maximum atomic E-state index is 11.4. The third-order valence-electron chi connectivity index (χ3n) is 2.27. The number of unbranched alkanes of at least 4 members (excludes halogenated alkanes) is 2. The van der Waals surface area contributed by atoms with Gasteiger partial charge in [0.15, 0.2) is 5.92 Å². The zero-order valence-electron chi connectivity index (χ0n) is 9.78. The molecule has 0 aromatic carbocycles. The summed E-state index contributed by atoms with van der Waals surface area (Å²) in [6.07, 6.45) is 3.56. The van der Waals surface area contributed by atoms with Crippen LogP contribution in [-0.4, -0.2) is 30.2 Å². The van der Waals surface area contributed by atoms with Crippen LogP contribution >= 0.6 is 0 Å². The molecule has 0 fully saturated rings. The van der Waals surface area contributed by atoms with Crippen molar-refractivity contribution in [2.75, 3.05) is 13.2 Å². The average Bonchev–Trinajstić information content (AvgIpc) is 2.24. The molecule has 0 radical (unpaired) electrons. The topological polar surface area (TPSA) is 89.6 Å². The van der Waals surface area contributed by atoms with E-state index in [2.05, 4.69) is 0 Å². The largest absolute Gasteiger partial charge is 0.481 e. The molecular weight excluding hydrogens is 210 g/mol. The van der Waals surface area contributed by atoms with E-state index < -0.39 is 17.9 Å². The molecule has 0 bridgehead atoms. The van der Waals surface area contributed by atoms with Crippen molar-refractivity contribution >= 4 is 11.9 Å². The molecule has 0 aromatic heterocycles. The molecule has 0 aliphatic carbocycles. The standard InChI is InChI=1S/C11H21NO4/c1-2-3-4-8-16-11(15)9(10(13)14)6-5-7-12/h9H,2-8,12H2,1H3,(H,13,14). The lowest BCUT2D eigenvalue weighted by molar-refractivity contribution is -0.159. The minimum absolute atomic E-state index is 0.248. The van der Waals surface area contributed by atoms with Crippen LogP contribution < -0.4 is 5.73 Å². The van der Waals surface area contributed by atoms with E-state index >= 15 is 0 Å². The van der Waals surface area contributed by atoms with Crippen molar-refractivity contribution in [2.24, 2.45) is 11.7 Å². The molecule has 3 N–H and O–H groups in total. The minimum Gasteiger partial charge on any atom is -0.481 e. The van der Waals surface area contributed by atoms with Crippen molar-refractivity contribution in [3.63, 3.8) is 0 Å². The fourth-order valence-corrected chi connectivity index (χ4v) is 1.29. The van der Waals surface area contributed by atoms with E-state index in [0.717, 1.165) is 19.3 Å². The fourth-order valence-electron chi connectivity index (χ4n) is 1.29. The quantitative estimate of drug-likeness (QED) is 0.353. The highest BCUT2D eigenvalue weighted by Crippen LogP contribution is 2.09. The molecule has 0 heterocycles. The normalized spacial score (nSPS) is 12.1. The Labute approximate surface area is 96.0 Å². The molecule has 0 aliphatic rings. The summed E-state index contributed by atoms with van der Waals surface area (Å²) in [6, 6.07) is 0. The Morgan fingerprint density at radius 1 is 1.31 bits per heavy atom. The molecule has 1 atom stereocenters. The monoisotopic (exact) mass is 231 g/mol. The van der Waals surface area contributed by atoms with Gasteiger partial charge in [-0.25, -0.2) is 0 Å². The van der Waals surface area contributed by atoms with E-state index in [4.69, 9.17) is 15.6 Å². The van der Waals surface area contributed by atoms with Crippen LogP contribution in [0.25, 0.3) is 0 Å². The summed E-state index contributed by atoms with van der Waals surface area (Å²) >= 11 is 0. The fraction of sp³-hybridized carbons (Fsp3) is 0.818. The van der Waals surface area contributed by atoms with E-state index in [-0.39, 0.29) is 6.42 Å². The number of carbonyl (C=O) groups is 2. The highest BCUT2D eigenvalue weighted by atomic mass is 16.5. The predicted octanol–water partition coefficient (Wildman–Crippen LogP) is 1.16. The van der Waals surface area contributed by atoms with Crippen molar-refractivity contribution in [2.45, 2.75) is 39.0 Å². The zero-order valence-corrected chi connectivity index (χ0v) is 9.78. The first kappa shape index (κ1) is 14.9. The van der Waals surface area contributed by atoms with Crippen LogP contribution in [0.5, 0.6) is 0 Å². The molecule has 0 amide bonds. The summed E-state index contributed by atoms with van der Waals surface area (Å²) in [6.45, 7) is 2.73. The number of aliphatic carboxylic acids is 1. The second-order valence-electron chi connectivity index (χ2n) is 3.70. The van der Waals surface area contributed by atoms with Gasteiger partial charge in [0.1, 0.15) is 0 Å². The van der Waals surface area contributed by atoms with Gasteiger partial charge in [-0.1, -0.05) is 19.8 Å². The number of nitrogens with two attached hydrogens (primary N) is 1. The Morgan fingerprint density at radius 2 is 2.00 bits per heavy atom. The van der Waals surface area contributed by atoms with Crippen molar-refractivity contribution < 1.29 is 19.4 Å². The van der Waals surface area contributed by atoms with Crippen LogP contribution in [0.15, 0.2) is 0 Å². The molecule has 0 aliphatic heterocycles. The number of carbonyl (C=O) groups excluding carboxylic acids is 1.